The van der Waals surface area contributed by atoms with Crippen molar-refractivity contribution in [3.63, 3.8) is 0 Å². The average molecular weight is 225 g/mol. The second kappa shape index (κ2) is 3.93. The van der Waals surface area contributed by atoms with Gasteiger partial charge >= 0.3 is 0 Å². The normalized spacial score (nSPS) is 10.9. The zero-order valence-electron chi connectivity index (χ0n) is 9.41. The van der Waals surface area contributed by atoms with E-state index in [-0.39, 0.29) is 0 Å². The maximum absolute atomic E-state index is 4.33. The lowest BCUT2D eigenvalue weighted by molar-refractivity contribution is 0.869. The molecule has 3 heterocycles. The molecule has 0 aliphatic carbocycles. The van der Waals surface area contributed by atoms with Crippen LogP contribution in [0.25, 0.3) is 16.9 Å². The van der Waals surface area contributed by atoms with E-state index in [1.165, 1.54) is 6.33 Å². The lowest BCUT2D eigenvalue weighted by atomic mass is 10.3. The van der Waals surface area contributed by atoms with Crippen LogP contribution in [0.4, 0.5) is 0 Å². The average Bonchev–Trinajstić information content (AvgIpc) is 2.86. The first kappa shape index (κ1) is 9.89. The van der Waals surface area contributed by atoms with Gasteiger partial charge in [0.15, 0.2) is 11.5 Å². The summed E-state index contributed by atoms with van der Waals surface area (Å²) in [5.74, 6) is 1.81. The molecule has 5 heteroatoms. The molecule has 17 heavy (non-hydrogen) atoms. The molecular formula is C12H11N5. The fourth-order valence-corrected chi connectivity index (χ4v) is 1.86. The molecule has 0 aromatic carbocycles. The van der Waals surface area contributed by atoms with Crippen LogP contribution in [0, 0.1) is 0 Å². The number of hydrogen-bond acceptors (Lipinski definition) is 4. The summed E-state index contributed by atoms with van der Waals surface area (Å²) < 4.78 is 1.98. The van der Waals surface area contributed by atoms with E-state index in [0.29, 0.717) is 5.65 Å². The summed E-state index contributed by atoms with van der Waals surface area (Å²) in [6, 6.07) is 3.86. The van der Waals surface area contributed by atoms with Gasteiger partial charge in [-0.2, -0.15) is 0 Å². The van der Waals surface area contributed by atoms with E-state index in [1.54, 1.807) is 12.4 Å². The van der Waals surface area contributed by atoms with Crippen LogP contribution in [0.1, 0.15) is 12.7 Å². The fraction of sp³-hybridized carbons (Fsp3) is 0.167. The Balaban J connectivity index is 2.31. The maximum atomic E-state index is 4.33. The summed E-state index contributed by atoms with van der Waals surface area (Å²) in [5, 5.41) is 0.933. The van der Waals surface area contributed by atoms with Crippen molar-refractivity contribution >= 4 is 11.0 Å². The molecule has 0 fully saturated rings. The third kappa shape index (κ3) is 1.56. The molecule has 0 saturated heterocycles. The van der Waals surface area contributed by atoms with E-state index in [2.05, 4.69) is 26.9 Å². The molecule has 0 unspecified atom stereocenters. The van der Waals surface area contributed by atoms with Crippen molar-refractivity contribution in [2.75, 3.05) is 0 Å². The Morgan fingerprint density at radius 2 is 2.06 bits per heavy atom. The van der Waals surface area contributed by atoms with Gasteiger partial charge in [-0.25, -0.2) is 19.9 Å². The van der Waals surface area contributed by atoms with Crippen LogP contribution in [0.15, 0.2) is 37.1 Å². The summed E-state index contributed by atoms with van der Waals surface area (Å²) in [6.45, 7) is 2.07. The molecule has 0 amide bonds. The summed E-state index contributed by atoms with van der Waals surface area (Å²) in [6.07, 6.45) is 7.81. The fourth-order valence-electron chi connectivity index (χ4n) is 1.86. The van der Waals surface area contributed by atoms with E-state index >= 15 is 0 Å². The van der Waals surface area contributed by atoms with Crippen LogP contribution >= 0.6 is 0 Å². The Labute approximate surface area is 98.2 Å². The number of pyridine rings is 1. The highest BCUT2D eigenvalue weighted by Gasteiger charge is 2.08. The Bertz CT molecular complexity index is 653. The second-order valence-electron chi connectivity index (χ2n) is 3.64. The molecule has 0 saturated carbocycles. The van der Waals surface area contributed by atoms with Crippen molar-refractivity contribution in [2.45, 2.75) is 13.3 Å². The first-order chi connectivity index (χ1) is 8.40. The van der Waals surface area contributed by atoms with Crippen molar-refractivity contribution in [3.8, 4) is 5.82 Å². The van der Waals surface area contributed by atoms with E-state index in [4.69, 9.17) is 0 Å². The molecule has 0 aliphatic rings. The minimum atomic E-state index is 0.702. The standard InChI is InChI=1S/C12H11N5/c1-2-10-13-6-7-17(10)12-9-4-3-5-14-11(9)15-8-16-12/h3-8H,2H2,1H3. The van der Waals surface area contributed by atoms with Crippen molar-refractivity contribution < 1.29 is 0 Å². The van der Waals surface area contributed by atoms with Gasteiger partial charge in [-0.3, -0.25) is 4.57 Å². The largest absolute Gasteiger partial charge is 0.287 e. The van der Waals surface area contributed by atoms with Crippen LogP contribution in [0.3, 0.4) is 0 Å². The predicted molar refractivity (Wildman–Crippen MR) is 63.8 cm³/mol. The minimum absolute atomic E-state index is 0.702. The predicted octanol–water partition coefficient (Wildman–Crippen LogP) is 1.77. The van der Waals surface area contributed by atoms with Crippen LogP contribution in [0.5, 0.6) is 0 Å². The third-order valence-electron chi connectivity index (χ3n) is 2.65. The van der Waals surface area contributed by atoms with Crippen molar-refractivity contribution in [1.29, 1.82) is 0 Å². The Morgan fingerprint density at radius 1 is 1.12 bits per heavy atom. The molecule has 0 bridgehead atoms. The van der Waals surface area contributed by atoms with E-state index in [9.17, 15) is 0 Å². The van der Waals surface area contributed by atoms with Crippen molar-refractivity contribution in [2.24, 2.45) is 0 Å². The Hall–Kier alpha value is -2.30. The molecule has 0 spiro atoms. The quantitative estimate of drug-likeness (QED) is 0.667. The second-order valence-corrected chi connectivity index (χ2v) is 3.64. The number of fused-ring (bicyclic) bond motifs is 1. The SMILES string of the molecule is CCc1nccn1-c1ncnc2ncccc12. The van der Waals surface area contributed by atoms with Gasteiger partial charge in [-0.15, -0.1) is 0 Å². The third-order valence-corrected chi connectivity index (χ3v) is 2.65. The number of aryl methyl sites for hydroxylation is 1. The smallest absolute Gasteiger partial charge is 0.164 e. The molecule has 3 rings (SSSR count). The molecular weight excluding hydrogens is 214 g/mol. The van der Waals surface area contributed by atoms with Gasteiger partial charge in [0.05, 0.1) is 5.39 Å². The summed E-state index contributed by atoms with van der Waals surface area (Å²) in [5.41, 5.74) is 0.702. The molecule has 3 aromatic rings. The van der Waals surface area contributed by atoms with E-state index in [0.717, 1.165) is 23.4 Å². The topological polar surface area (TPSA) is 56.5 Å². The molecule has 0 atom stereocenters. The maximum Gasteiger partial charge on any atom is 0.164 e. The highest BCUT2D eigenvalue weighted by atomic mass is 15.1. The molecule has 5 nitrogen and oxygen atoms in total. The van der Waals surface area contributed by atoms with Gasteiger partial charge in [-0.05, 0) is 12.1 Å². The zero-order valence-corrected chi connectivity index (χ0v) is 9.41. The van der Waals surface area contributed by atoms with Gasteiger partial charge in [0.2, 0.25) is 0 Å². The van der Waals surface area contributed by atoms with Crippen LogP contribution < -0.4 is 0 Å². The summed E-state index contributed by atoms with van der Waals surface area (Å²) in [4.78, 5) is 17.0. The van der Waals surface area contributed by atoms with Crippen LogP contribution in [-0.2, 0) is 6.42 Å². The Kier molecular flexibility index (Phi) is 2.29. The first-order valence-electron chi connectivity index (χ1n) is 5.48. The van der Waals surface area contributed by atoms with E-state index < -0.39 is 0 Å². The van der Waals surface area contributed by atoms with Crippen molar-refractivity contribution in [1.82, 2.24) is 24.5 Å². The molecule has 3 aromatic heterocycles. The number of rotatable bonds is 2. The molecule has 0 N–H and O–H groups in total. The zero-order chi connectivity index (χ0) is 11.7. The lowest BCUT2D eigenvalue weighted by Crippen LogP contribution is -2.03. The van der Waals surface area contributed by atoms with Crippen LogP contribution in [0.2, 0.25) is 0 Å². The Morgan fingerprint density at radius 3 is 2.94 bits per heavy atom. The number of aromatic nitrogens is 5. The van der Waals surface area contributed by atoms with Gasteiger partial charge in [0.1, 0.15) is 12.2 Å². The number of nitrogens with zero attached hydrogens (tertiary/aromatic N) is 5. The van der Waals surface area contributed by atoms with Gasteiger partial charge < -0.3 is 0 Å². The minimum Gasteiger partial charge on any atom is -0.287 e. The molecule has 0 aliphatic heterocycles. The highest BCUT2D eigenvalue weighted by Crippen LogP contribution is 2.17. The number of imidazole rings is 1. The monoisotopic (exact) mass is 225 g/mol. The summed E-state index contributed by atoms with van der Waals surface area (Å²) >= 11 is 0. The molecule has 0 radical (unpaired) electrons. The van der Waals surface area contributed by atoms with Gasteiger partial charge in [0, 0.05) is 25.0 Å². The number of hydrogen-bond donors (Lipinski definition) is 0. The highest BCUT2D eigenvalue weighted by molar-refractivity contribution is 5.81. The van der Waals surface area contributed by atoms with Crippen LogP contribution in [-0.4, -0.2) is 24.5 Å². The first-order valence-corrected chi connectivity index (χ1v) is 5.48. The van der Waals surface area contributed by atoms with Gasteiger partial charge in [0.25, 0.3) is 0 Å². The molecule has 84 valence electrons. The van der Waals surface area contributed by atoms with Crippen molar-refractivity contribution in [3.05, 3.63) is 42.9 Å². The van der Waals surface area contributed by atoms with E-state index in [1.807, 2.05) is 22.9 Å². The summed E-state index contributed by atoms with van der Waals surface area (Å²) in [7, 11) is 0. The van der Waals surface area contributed by atoms with Gasteiger partial charge in [-0.1, -0.05) is 6.92 Å². The lowest BCUT2D eigenvalue weighted by Gasteiger charge is -2.07.